The normalized spacial score (nSPS) is 13.2. The van der Waals surface area contributed by atoms with Crippen LogP contribution in [-0.2, 0) is 16.4 Å². The third kappa shape index (κ3) is 3.39. The van der Waals surface area contributed by atoms with E-state index in [-0.39, 0.29) is 0 Å². The van der Waals surface area contributed by atoms with E-state index in [9.17, 15) is 8.42 Å². The van der Waals surface area contributed by atoms with E-state index in [0.29, 0.717) is 5.69 Å². The molecule has 3 aromatic rings. The summed E-state index contributed by atoms with van der Waals surface area (Å²) in [6.07, 6.45) is 6.05. The van der Waals surface area contributed by atoms with Crippen LogP contribution in [0.5, 0.6) is 0 Å². The molecule has 1 aliphatic carbocycles. The number of aromatic nitrogens is 1. The van der Waals surface area contributed by atoms with Gasteiger partial charge in [0.25, 0.3) is 0 Å². The van der Waals surface area contributed by atoms with E-state index in [0.717, 1.165) is 46.2 Å². The molecular weight excluding hydrogens is 344 g/mol. The van der Waals surface area contributed by atoms with E-state index < -0.39 is 10.0 Å². The summed E-state index contributed by atoms with van der Waals surface area (Å²) in [6.45, 7) is 0. The fourth-order valence-corrected chi connectivity index (χ4v) is 3.76. The molecule has 0 atom stereocenters. The van der Waals surface area contributed by atoms with Crippen LogP contribution in [0.2, 0.25) is 0 Å². The summed E-state index contributed by atoms with van der Waals surface area (Å²) in [7, 11) is -3.27. The van der Waals surface area contributed by atoms with Crippen molar-refractivity contribution in [2.24, 2.45) is 0 Å². The standard InChI is InChI=1S/C21H18N2O2S/c1-26(24,25)23-18-9-7-16(8-10-18)19-11-12-21-20(19)13-17(14-22-21)15-5-3-2-4-6-15/h2-11,13-14,23H,12H2,1H3. The predicted molar refractivity (Wildman–Crippen MR) is 105 cm³/mol. The number of allylic oxidation sites excluding steroid dienone is 1. The fraction of sp³-hybridized carbons (Fsp3) is 0.0952. The van der Waals surface area contributed by atoms with Crippen LogP contribution in [-0.4, -0.2) is 19.7 Å². The Morgan fingerprint density at radius 3 is 2.35 bits per heavy atom. The number of pyridine rings is 1. The quantitative estimate of drug-likeness (QED) is 0.760. The van der Waals surface area contributed by atoms with E-state index in [2.05, 4.69) is 34.0 Å². The lowest BCUT2D eigenvalue weighted by molar-refractivity contribution is 0.607. The van der Waals surface area contributed by atoms with Crippen molar-refractivity contribution in [2.75, 3.05) is 11.0 Å². The smallest absolute Gasteiger partial charge is 0.229 e. The lowest BCUT2D eigenvalue weighted by atomic mass is 9.98. The van der Waals surface area contributed by atoms with Crippen molar-refractivity contribution in [3.8, 4) is 11.1 Å². The maximum atomic E-state index is 11.3. The minimum Gasteiger partial charge on any atom is -0.284 e. The average Bonchev–Trinajstić information content (AvgIpc) is 3.05. The van der Waals surface area contributed by atoms with Crippen LogP contribution in [0.1, 0.15) is 16.8 Å². The largest absolute Gasteiger partial charge is 0.284 e. The monoisotopic (exact) mass is 362 g/mol. The summed E-state index contributed by atoms with van der Waals surface area (Å²) in [5, 5.41) is 0. The number of hydrogen-bond donors (Lipinski definition) is 1. The van der Waals surface area contributed by atoms with Crippen molar-refractivity contribution in [3.05, 3.63) is 89.8 Å². The molecule has 130 valence electrons. The van der Waals surface area contributed by atoms with Crippen LogP contribution in [0.25, 0.3) is 16.7 Å². The topological polar surface area (TPSA) is 59.1 Å². The third-order valence-electron chi connectivity index (χ3n) is 4.37. The average molecular weight is 362 g/mol. The van der Waals surface area contributed by atoms with Crippen LogP contribution in [0.3, 0.4) is 0 Å². The van der Waals surface area contributed by atoms with E-state index in [1.54, 1.807) is 12.1 Å². The van der Waals surface area contributed by atoms with Crippen molar-refractivity contribution in [1.82, 2.24) is 4.98 Å². The van der Waals surface area contributed by atoms with E-state index >= 15 is 0 Å². The highest BCUT2D eigenvalue weighted by Crippen LogP contribution is 2.34. The molecule has 5 heteroatoms. The Kier molecular flexibility index (Phi) is 4.09. The molecule has 1 aromatic heterocycles. The van der Waals surface area contributed by atoms with Gasteiger partial charge in [0.2, 0.25) is 10.0 Å². The van der Waals surface area contributed by atoms with Crippen molar-refractivity contribution in [2.45, 2.75) is 6.42 Å². The van der Waals surface area contributed by atoms with Crippen molar-refractivity contribution in [1.29, 1.82) is 0 Å². The van der Waals surface area contributed by atoms with Crippen molar-refractivity contribution < 1.29 is 8.42 Å². The van der Waals surface area contributed by atoms with Gasteiger partial charge >= 0.3 is 0 Å². The van der Waals surface area contributed by atoms with Gasteiger partial charge in [-0.3, -0.25) is 9.71 Å². The lowest BCUT2D eigenvalue weighted by Crippen LogP contribution is -2.09. The summed E-state index contributed by atoms with van der Waals surface area (Å²) in [6, 6.07) is 19.8. The molecule has 0 aliphatic heterocycles. The lowest BCUT2D eigenvalue weighted by Gasteiger charge is -2.10. The zero-order valence-electron chi connectivity index (χ0n) is 14.3. The second kappa shape index (κ2) is 6.42. The van der Waals surface area contributed by atoms with Gasteiger partial charge in [0.05, 0.1) is 11.9 Å². The first-order valence-corrected chi connectivity index (χ1v) is 10.2. The number of benzene rings is 2. The number of hydrogen-bond acceptors (Lipinski definition) is 3. The van der Waals surface area contributed by atoms with E-state index in [1.807, 2.05) is 36.5 Å². The Morgan fingerprint density at radius 2 is 1.65 bits per heavy atom. The molecule has 0 unspecified atom stereocenters. The molecule has 0 amide bonds. The maximum Gasteiger partial charge on any atom is 0.229 e. The molecule has 1 N–H and O–H groups in total. The first-order chi connectivity index (χ1) is 12.5. The van der Waals surface area contributed by atoms with E-state index in [4.69, 9.17) is 0 Å². The molecule has 0 spiro atoms. The molecule has 0 saturated heterocycles. The summed E-state index contributed by atoms with van der Waals surface area (Å²) in [5.74, 6) is 0. The highest BCUT2D eigenvalue weighted by molar-refractivity contribution is 7.92. The van der Waals surface area contributed by atoms with Gasteiger partial charge in [0.1, 0.15) is 0 Å². The van der Waals surface area contributed by atoms with Gasteiger partial charge in [-0.15, -0.1) is 0 Å². The summed E-state index contributed by atoms with van der Waals surface area (Å²) in [5.41, 5.74) is 7.18. The van der Waals surface area contributed by atoms with Crippen molar-refractivity contribution in [3.63, 3.8) is 0 Å². The second-order valence-corrected chi connectivity index (χ2v) is 8.11. The molecule has 1 aliphatic rings. The minimum atomic E-state index is -3.27. The first-order valence-electron chi connectivity index (χ1n) is 8.33. The van der Waals surface area contributed by atoms with Crippen LogP contribution < -0.4 is 4.72 Å². The Hall–Kier alpha value is -2.92. The Balaban J connectivity index is 1.67. The summed E-state index contributed by atoms with van der Waals surface area (Å²) in [4.78, 5) is 4.63. The zero-order valence-corrected chi connectivity index (χ0v) is 15.1. The van der Waals surface area contributed by atoms with Crippen LogP contribution >= 0.6 is 0 Å². The molecule has 4 rings (SSSR count). The number of fused-ring (bicyclic) bond motifs is 1. The van der Waals surface area contributed by atoms with Gasteiger partial charge in [-0.2, -0.15) is 0 Å². The number of rotatable bonds is 4. The van der Waals surface area contributed by atoms with Gasteiger partial charge in [-0.1, -0.05) is 48.5 Å². The highest BCUT2D eigenvalue weighted by atomic mass is 32.2. The molecule has 4 nitrogen and oxygen atoms in total. The molecule has 0 radical (unpaired) electrons. The number of sulfonamides is 1. The number of anilines is 1. The molecule has 1 heterocycles. The Morgan fingerprint density at radius 1 is 0.923 bits per heavy atom. The number of nitrogens with one attached hydrogen (secondary N) is 1. The van der Waals surface area contributed by atoms with Crippen molar-refractivity contribution >= 4 is 21.3 Å². The number of nitrogens with zero attached hydrogens (tertiary/aromatic N) is 1. The van der Waals surface area contributed by atoms with Crippen LogP contribution in [0.15, 0.2) is 72.9 Å². The molecule has 0 fully saturated rings. The Labute approximate surface area is 153 Å². The molecule has 2 aromatic carbocycles. The Bertz CT molecular complexity index is 1090. The summed E-state index contributed by atoms with van der Waals surface area (Å²) < 4.78 is 25.2. The minimum absolute atomic E-state index is 0.561. The predicted octanol–water partition coefficient (Wildman–Crippen LogP) is 4.11. The maximum absolute atomic E-state index is 11.3. The molecule has 26 heavy (non-hydrogen) atoms. The third-order valence-corrected chi connectivity index (χ3v) is 4.97. The van der Waals surface area contributed by atoms with E-state index in [1.165, 1.54) is 0 Å². The molecule has 0 saturated carbocycles. The zero-order chi connectivity index (χ0) is 18.1. The second-order valence-electron chi connectivity index (χ2n) is 6.36. The fourth-order valence-electron chi connectivity index (χ4n) is 3.19. The molecule has 0 bridgehead atoms. The van der Waals surface area contributed by atoms with Crippen LogP contribution in [0.4, 0.5) is 5.69 Å². The SMILES string of the molecule is CS(=O)(=O)Nc1ccc(C2=CCc3ncc(-c4ccccc4)cc32)cc1. The van der Waals surface area contributed by atoms with Gasteiger partial charge in [-0.25, -0.2) is 8.42 Å². The summed E-state index contributed by atoms with van der Waals surface area (Å²) >= 11 is 0. The molecular formula is C21H18N2O2S. The first kappa shape index (κ1) is 16.5. The van der Waals surface area contributed by atoms with Gasteiger partial charge in [0.15, 0.2) is 0 Å². The van der Waals surface area contributed by atoms with Gasteiger partial charge in [0, 0.05) is 29.4 Å². The van der Waals surface area contributed by atoms with Gasteiger partial charge < -0.3 is 0 Å². The van der Waals surface area contributed by atoms with Crippen LogP contribution in [0, 0.1) is 0 Å². The highest BCUT2D eigenvalue weighted by Gasteiger charge is 2.18. The van der Waals surface area contributed by atoms with Gasteiger partial charge in [-0.05, 0) is 34.9 Å².